The molecule has 0 atom stereocenters. The van der Waals surface area contributed by atoms with E-state index < -0.39 is 0 Å². The zero-order valence-corrected chi connectivity index (χ0v) is 10.9. The number of rotatable bonds is 2. The van der Waals surface area contributed by atoms with Gasteiger partial charge in [-0.2, -0.15) is 0 Å². The third kappa shape index (κ3) is 2.90. The molecule has 2 N–H and O–H groups in total. The Morgan fingerprint density at radius 1 is 1.18 bits per heavy atom. The van der Waals surface area contributed by atoms with Crippen molar-refractivity contribution in [2.24, 2.45) is 0 Å². The van der Waals surface area contributed by atoms with Gasteiger partial charge >= 0.3 is 0 Å². The lowest BCUT2D eigenvalue weighted by Gasteiger charge is -2.07. The number of hydrogen-bond acceptors (Lipinski definition) is 2. The maximum atomic E-state index is 5.97. The summed E-state index contributed by atoms with van der Waals surface area (Å²) in [6.07, 6.45) is 2.46. The minimum atomic E-state index is 0.557. The first-order valence-electron chi connectivity index (χ1n) is 5.21. The van der Waals surface area contributed by atoms with Crippen molar-refractivity contribution < 1.29 is 0 Å². The Morgan fingerprint density at radius 2 is 1.94 bits per heavy atom. The third-order valence-corrected chi connectivity index (χ3v) is 3.26. The highest BCUT2D eigenvalue weighted by Gasteiger charge is 2.05. The first kappa shape index (κ1) is 12.2. The molecule has 0 spiro atoms. The van der Waals surface area contributed by atoms with Gasteiger partial charge in [-0.25, -0.2) is 4.98 Å². The van der Waals surface area contributed by atoms with Crippen LogP contribution in [-0.4, -0.2) is 4.98 Å². The topological polar surface area (TPSA) is 38.9 Å². The van der Waals surface area contributed by atoms with E-state index in [1.54, 1.807) is 12.3 Å². The summed E-state index contributed by atoms with van der Waals surface area (Å²) in [7, 11) is 0. The molecule has 1 aromatic heterocycles. The Bertz CT molecular complexity index is 553. The largest absolute Gasteiger partial charge is 0.383 e. The fraction of sp³-hybridized carbons (Fsp3) is 0.154. The molecule has 0 unspecified atom stereocenters. The molecule has 4 heteroatoms. The first-order valence-corrected chi connectivity index (χ1v) is 5.97. The Labute approximate surface area is 110 Å². The van der Waals surface area contributed by atoms with Crippen molar-refractivity contribution in [3.63, 3.8) is 0 Å². The number of hydrogen-bond donors (Lipinski definition) is 1. The zero-order chi connectivity index (χ0) is 12.4. The lowest BCUT2D eigenvalue weighted by Crippen LogP contribution is -1.99. The molecule has 1 aromatic carbocycles. The molecule has 0 aliphatic carbocycles. The van der Waals surface area contributed by atoms with Crippen LogP contribution in [0.3, 0.4) is 0 Å². The van der Waals surface area contributed by atoms with Crippen LogP contribution < -0.4 is 5.73 Å². The van der Waals surface area contributed by atoms with Gasteiger partial charge in [0.15, 0.2) is 0 Å². The maximum absolute atomic E-state index is 5.97. The normalized spacial score (nSPS) is 10.5. The van der Waals surface area contributed by atoms with Crippen molar-refractivity contribution >= 4 is 29.0 Å². The number of anilines is 1. The molecule has 0 fully saturated rings. The van der Waals surface area contributed by atoms with Gasteiger partial charge in [0.25, 0.3) is 0 Å². The highest BCUT2D eigenvalue weighted by atomic mass is 35.5. The highest BCUT2D eigenvalue weighted by molar-refractivity contribution is 6.42. The van der Waals surface area contributed by atoms with Crippen molar-refractivity contribution in [2.45, 2.75) is 13.3 Å². The second kappa shape index (κ2) is 4.94. The maximum Gasteiger partial charge on any atom is 0.126 e. The number of nitrogen functional groups attached to an aromatic ring is 1. The molecule has 88 valence electrons. The van der Waals surface area contributed by atoms with Crippen molar-refractivity contribution in [3.05, 3.63) is 57.2 Å². The second-order valence-corrected chi connectivity index (χ2v) is 4.80. The van der Waals surface area contributed by atoms with E-state index in [0.717, 1.165) is 16.7 Å². The van der Waals surface area contributed by atoms with Crippen LogP contribution in [0, 0.1) is 6.92 Å². The number of benzene rings is 1. The summed E-state index contributed by atoms with van der Waals surface area (Å²) in [5.41, 5.74) is 9.00. The standard InChI is InChI=1S/C13H12Cl2N2/c1-8-4-10(13(16)17-7-8)5-9-2-3-11(14)12(15)6-9/h2-4,6-7H,5H2,1H3,(H2,16,17). The number of aryl methyl sites for hydroxylation is 1. The van der Waals surface area contributed by atoms with Gasteiger partial charge in [0.1, 0.15) is 5.82 Å². The van der Waals surface area contributed by atoms with Gasteiger partial charge in [0.2, 0.25) is 0 Å². The van der Waals surface area contributed by atoms with Gasteiger partial charge in [-0.3, -0.25) is 0 Å². The van der Waals surface area contributed by atoms with Gasteiger partial charge in [0, 0.05) is 12.6 Å². The van der Waals surface area contributed by atoms with Crippen LogP contribution in [0.4, 0.5) is 5.82 Å². The summed E-state index contributed by atoms with van der Waals surface area (Å²) in [6, 6.07) is 7.62. The number of nitrogens with zero attached hydrogens (tertiary/aromatic N) is 1. The second-order valence-electron chi connectivity index (χ2n) is 3.98. The Balaban J connectivity index is 2.31. The number of halogens is 2. The summed E-state index contributed by atoms with van der Waals surface area (Å²) >= 11 is 11.8. The van der Waals surface area contributed by atoms with Gasteiger partial charge in [-0.1, -0.05) is 35.3 Å². The molecule has 0 aliphatic heterocycles. The third-order valence-electron chi connectivity index (χ3n) is 2.52. The van der Waals surface area contributed by atoms with E-state index in [0.29, 0.717) is 22.3 Å². The summed E-state index contributed by atoms with van der Waals surface area (Å²) < 4.78 is 0. The lowest BCUT2D eigenvalue weighted by atomic mass is 10.0. The van der Waals surface area contributed by atoms with Crippen LogP contribution >= 0.6 is 23.2 Å². The molecule has 17 heavy (non-hydrogen) atoms. The minimum Gasteiger partial charge on any atom is -0.383 e. The Morgan fingerprint density at radius 3 is 2.65 bits per heavy atom. The molecule has 1 heterocycles. The number of nitrogens with two attached hydrogens (primary N) is 1. The van der Waals surface area contributed by atoms with E-state index in [1.807, 2.05) is 25.1 Å². The predicted octanol–water partition coefficient (Wildman–Crippen LogP) is 3.87. The number of pyridine rings is 1. The van der Waals surface area contributed by atoms with Crippen molar-refractivity contribution in [1.82, 2.24) is 4.98 Å². The SMILES string of the molecule is Cc1cnc(N)c(Cc2ccc(Cl)c(Cl)c2)c1. The van der Waals surface area contributed by atoms with E-state index in [1.165, 1.54) is 0 Å². The van der Waals surface area contributed by atoms with Gasteiger partial charge in [-0.15, -0.1) is 0 Å². The molecule has 2 rings (SSSR count). The van der Waals surface area contributed by atoms with Crippen LogP contribution in [-0.2, 0) is 6.42 Å². The van der Waals surface area contributed by atoms with Crippen LogP contribution in [0.1, 0.15) is 16.7 Å². The van der Waals surface area contributed by atoms with Crippen molar-refractivity contribution in [1.29, 1.82) is 0 Å². The lowest BCUT2D eigenvalue weighted by molar-refractivity contribution is 1.14. The van der Waals surface area contributed by atoms with Crippen molar-refractivity contribution in [2.75, 3.05) is 5.73 Å². The van der Waals surface area contributed by atoms with Crippen LogP contribution in [0.5, 0.6) is 0 Å². The van der Waals surface area contributed by atoms with Crippen LogP contribution in [0.15, 0.2) is 30.5 Å². The molecule has 0 radical (unpaired) electrons. The summed E-state index contributed by atoms with van der Waals surface area (Å²) in [4.78, 5) is 4.13. The van der Waals surface area contributed by atoms with E-state index in [9.17, 15) is 0 Å². The van der Waals surface area contributed by atoms with Crippen LogP contribution in [0.25, 0.3) is 0 Å². The van der Waals surface area contributed by atoms with E-state index in [-0.39, 0.29) is 0 Å². The number of aromatic nitrogens is 1. The quantitative estimate of drug-likeness (QED) is 0.897. The molecule has 0 saturated heterocycles. The zero-order valence-electron chi connectivity index (χ0n) is 9.37. The summed E-state index contributed by atoms with van der Waals surface area (Å²) in [5, 5.41) is 1.12. The van der Waals surface area contributed by atoms with Gasteiger partial charge in [0.05, 0.1) is 10.0 Å². The fourth-order valence-electron chi connectivity index (χ4n) is 1.65. The van der Waals surface area contributed by atoms with Gasteiger partial charge < -0.3 is 5.73 Å². The Kier molecular flexibility index (Phi) is 3.55. The van der Waals surface area contributed by atoms with Crippen LogP contribution in [0.2, 0.25) is 10.0 Å². The predicted molar refractivity (Wildman–Crippen MR) is 72.7 cm³/mol. The van der Waals surface area contributed by atoms with E-state index in [4.69, 9.17) is 28.9 Å². The molecule has 0 saturated carbocycles. The monoisotopic (exact) mass is 266 g/mol. The smallest absolute Gasteiger partial charge is 0.126 e. The van der Waals surface area contributed by atoms with E-state index in [2.05, 4.69) is 4.98 Å². The first-order chi connectivity index (χ1) is 8.06. The fourth-order valence-corrected chi connectivity index (χ4v) is 1.97. The van der Waals surface area contributed by atoms with E-state index >= 15 is 0 Å². The van der Waals surface area contributed by atoms with Gasteiger partial charge in [-0.05, 0) is 35.7 Å². The molecule has 2 aromatic rings. The summed E-state index contributed by atoms with van der Waals surface area (Å²) in [6.45, 7) is 1.99. The average molecular weight is 267 g/mol. The minimum absolute atomic E-state index is 0.557. The summed E-state index contributed by atoms with van der Waals surface area (Å²) in [5.74, 6) is 0.557. The highest BCUT2D eigenvalue weighted by Crippen LogP contribution is 2.24. The van der Waals surface area contributed by atoms with Crippen molar-refractivity contribution in [3.8, 4) is 0 Å². The molecule has 2 nitrogen and oxygen atoms in total. The average Bonchev–Trinajstić information content (AvgIpc) is 2.29. The molecular formula is C13H12Cl2N2. The molecular weight excluding hydrogens is 255 g/mol. The molecule has 0 aliphatic rings. The Hall–Kier alpha value is -1.25. The molecule has 0 bridgehead atoms. The molecule has 0 amide bonds.